The fraction of sp³-hybridized carbons (Fsp3) is 0.857. The molecule has 0 aromatic carbocycles. The van der Waals surface area contributed by atoms with Gasteiger partial charge in [0.15, 0.2) is 12.4 Å². The minimum atomic E-state index is -1.56. The van der Waals surface area contributed by atoms with E-state index in [2.05, 4.69) is 4.74 Å². The first-order valence-corrected chi connectivity index (χ1v) is 3.87. The molecule has 13 heavy (non-hydrogen) atoms. The van der Waals surface area contributed by atoms with Gasteiger partial charge in [0.2, 0.25) is 0 Å². The lowest BCUT2D eigenvalue weighted by atomic mass is 9.91. The SMILES string of the molecule is CC1C(O)C(C(=O)O)O[C@H](O)C1O. The molecule has 1 aliphatic rings. The average molecular weight is 192 g/mol. The van der Waals surface area contributed by atoms with Gasteiger partial charge in [-0.2, -0.15) is 0 Å². The van der Waals surface area contributed by atoms with Crippen molar-refractivity contribution < 1.29 is 30.0 Å². The molecule has 0 aliphatic carbocycles. The second kappa shape index (κ2) is 3.59. The summed E-state index contributed by atoms with van der Waals surface area (Å²) < 4.78 is 4.50. The lowest BCUT2D eigenvalue weighted by molar-refractivity contribution is -0.264. The second-order valence-electron chi connectivity index (χ2n) is 3.13. The summed E-state index contributed by atoms with van der Waals surface area (Å²) in [7, 11) is 0. The van der Waals surface area contributed by atoms with E-state index >= 15 is 0 Å². The van der Waals surface area contributed by atoms with Crippen molar-refractivity contribution in [1.29, 1.82) is 0 Å². The summed E-state index contributed by atoms with van der Waals surface area (Å²) in [6.07, 6.45) is -5.60. The summed E-state index contributed by atoms with van der Waals surface area (Å²) >= 11 is 0. The summed E-state index contributed by atoms with van der Waals surface area (Å²) in [6.45, 7) is 1.44. The first-order valence-electron chi connectivity index (χ1n) is 3.87. The molecule has 0 radical (unpaired) electrons. The van der Waals surface area contributed by atoms with Crippen molar-refractivity contribution in [2.24, 2.45) is 5.92 Å². The Labute approximate surface area is 74.4 Å². The topological polar surface area (TPSA) is 107 Å². The first kappa shape index (κ1) is 10.4. The van der Waals surface area contributed by atoms with Crippen molar-refractivity contribution in [2.45, 2.75) is 31.5 Å². The Morgan fingerprint density at radius 2 is 1.77 bits per heavy atom. The molecular weight excluding hydrogens is 180 g/mol. The van der Waals surface area contributed by atoms with Gasteiger partial charge in [0.25, 0.3) is 0 Å². The van der Waals surface area contributed by atoms with E-state index in [1.165, 1.54) is 6.92 Å². The molecule has 0 aromatic rings. The summed E-state index contributed by atoms with van der Waals surface area (Å²) in [5.74, 6) is -2.09. The Morgan fingerprint density at radius 3 is 2.23 bits per heavy atom. The fourth-order valence-corrected chi connectivity index (χ4v) is 1.25. The number of carboxylic acids is 1. The Kier molecular flexibility index (Phi) is 2.87. The Morgan fingerprint density at radius 1 is 1.23 bits per heavy atom. The highest BCUT2D eigenvalue weighted by molar-refractivity contribution is 5.73. The van der Waals surface area contributed by atoms with E-state index in [4.69, 9.17) is 10.2 Å². The standard InChI is InChI=1S/C7H12O6/c1-2-3(8)5(6(10)11)13-7(12)4(2)9/h2-5,7-9,12H,1H3,(H,10,11)/t2?,3?,4?,5?,7-/m0/s1. The minimum absolute atomic E-state index is 0.732. The molecule has 1 heterocycles. The van der Waals surface area contributed by atoms with Crippen molar-refractivity contribution >= 4 is 5.97 Å². The Bertz CT molecular complexity index is 205. The summed E-state index contributed by atoms with van der Waals surface area (Å²) in [4.78, 5) is 10.5. The highest BCUT2D eigenvalue weighted by atomic mass is 16.6. The zero-order valence-electron chi connectivity index (χ0n) is 6.99. The molecule has 4 unspecified atom stereocenters. The van der Waals surface area contributed by atoms with Crippen LogP contribution in [0, 0.1) is 5.92 Å². The third-order valence-corrected chi connectivity index (χ3v) is 2.21. The van der Waals surface area contributed by atoms with Crippen molar-refractivity contribution in [3.8, 4) is 0 Å². The van der Waals surface area contributed by atoms with E-state index in [1.54, 1.807) is 0 Å². The van der Waals surface area contributed by atoms with Crippen LogP contribution < -0.4 is 0 Å². The van der Waals surface area contributed by atoms with Gasteiger partial charge >= 0.3 is 5.97 Å². The third-order valence-electron chi connectivity index (χ3n) is 2.21. The molecule has 6 nitrogen and oxygen atoms in total. The molecule has 1 rings (SSSR count). The molecule has 0 bridgehead atoms. The number of hydrogen-bond acceptors (Lipinski definition) is 5. The second-order valence-corrected chi connectivity index (χ2v) is 3.13. The molecule has 0 saturated carbocycles. The predicted octanol–water partition coefficient (Wildman–Crippen LogP) is -1.85. The van der Waals surface area contributed by atoms with E-state index in [0.29, 0.717) is 0 Å². The number of hydrogen-bond donors (Lipinski definition) is 4. The van der Waals surface area contributed by atoms with E-state index in [0.717, 1.165) is 0 Å². The van der Waals surface area contributed by atoms with Gasteiger partial charge in [0.1, 0.15) is 6.10 Å². The summed E-state index contributed by atoms with van der Waals surface area (Å²) in [6, 6.07) is 0. The van der Waals surface area contributed by atoms with Crippen LogP contribution in [0.15, 0.2) is 0 Å². The first-order chi connectivity index (χ1) is 5.95. The lowest BCUT2D eigenvalue weighted by Gasteiger charge is -2.37. The molecule has 0 amide bonds. The molecule has 5 atom stereocenters. The monoisotopic (exact) mass is 192 g/mol. The van der Waals surface area contributed by atoms with Crippen molar-refractivity contribution in [3.63, 3.8) is 0 Å². The van der Waals surface area contributed by atoms with Gasteiger partial charge in [-0.15, -0.1) is 0 Å². The molecule has 76 valence electrons. The number of carbonyl (C=O) groups is 1. The maximum absolute atomic E-state index is 10.5. The minimum Gasteiger partial charge on any atom is -0.479 e. The molecule has 0 aromatic heterocycles. The number of aliphatic hydroxyl groups excluding tert-OH is 3. The van der Waals surface area contributed by atoms with Crippen LogP contribution in [0.2, 0.25) is 0 Å². The van der Waals surface area contributed by atoms with Crippen LogP contribution in [0.25, 0.3) is 0 Å². The number of carboxylic acid groups (broad SMARTS) is 1. The normalized spacial score (nSPS) is 46.0. The highest BCUT2D eigenvalue weighted by Crippen LogP contribution is 2.24. The number of aliphatic hydroxyl groups is 3. The maximum Gasteiger partial charge on any atom is 0.335 e. The van der Waals surface area contributed by atoms with Crippen LogP contribution in [0.4, 0.5) is 0 Å². The third kappa shape index (κ3) is 1.80. The molecule has 4 N–H and O–H groups in total. The van der Waals surface area contributed by atoms with Crippen LogP contribution in [0.5, 0.6) is 0 Å². The van der Waals surface area contributed by atoms with E-state index < -0.39 is 36.5 Å². The number of aliphatic carboxylic acids is 1. The summed E-state index contributed by atoms with van der Waals surface area (Å²) in [5, 5.41) is 36.1. The highest BCUT2D eigenvalue weighted by Gasteiger charge is 2.44. The summed E-state index contributed by atoms with van der Waals surface area (Å²) in [5.41, 5.74) is 0. The molecule has 1 fully saturated rings. The molecule has 1 saturated heterocycles. The molecule has 6 heteroatoms. The zero-order chi connectivity index (χ0) is 10.2. The van der Waals surface area contributed by atoms with E-state index in [-0.39, 0.29) is 0 Å². The predicted molar refractivity (Wildman–Crippen MR) is 39.7 cm³/mol. The van der Waals surface area contributed by atoms with Crippen molar-refractivity contribution in [2.75, 3.05) is 0 Å². The molecular formula is C7H12O6. The van der Waals surface area contributed by atoms with Crippen LogP contribution in [-0.2, 0) is 9.53 Å². The van der Waals surface area contributed by atoms with Crippen molar-refractivity contribution in [1.82, 2.24) is 0 Å². The van der Waals surface area contributed by atoms with Gasteiger partial charge in [0.05, 0.1) is 6.10 Å². The fourth-order valence-electron chi connectivity index (χ4n) is 1.25. The van der Waals surface area contributed by atoms with Gasteiger partial charge in [-0.25, -0.2) is 4.79 Å². The zero-order valence-corrected chi connectivity index (χ0v) is 6.99. The van der Waals surface area contributed by atoms with Gasteiger partial charge in [-0.1, -0.05) is 6.92 Å². The van der Waals surface area contributed by atoms with Gasteiger partial charge in [-0.05, 0) is 0 Å². The molecule has 0 spiro atoms. The van der Waals surface area contributed by atoms with E-state index in [1.807, 2.05) is 0 Å². The van der Waals surface area contributed by atoms with Gasteiger partial charge < -0.3 is 25.2 Å². The van der Waals surface area contributed by atoms with Gasteiger partial charge in [-0.3, -0.25) is 0 Å². The van der Waals surface area contributed by atoms with Crippen LogP contribution in [0.1, 0.15) is 6.92 Å². The smallest absolute Gasteiger partial charge is 0.335 e. The number of ether oxygens (including phenoxy) is 1. The van der Waals surface area contributed by atoms with Gasteiger partial charge in [0, 0.05) is 5.92 Å². The average Bonchev–Trinajstić information content (AvgIpc) is 2.07. The molecule has 1 aliphatic heterocycles. The van der Waals surface area contributed by atoms with E-state index in [9.17, 15) is 15.0 Å². The van der Waals surface area contributed by atoms with Crippen LogP contribution in [-0.4, -0.2) is 51.0 Å². The Balaban J connectivity index is 2.76. The largest absolute Gasteiger partial charge is 0.479 e. The Hall–Kier alpha value is -0.690. The van der Waals surface area contributed by atoms with Crippen LogP contribution >= 0.6 is 0 Å². The lowest BCUT2D eigenvalue weighted by Crippen LogP contribution is -2.55. The quantitative estimate of drug-likeness (QED) is 0.388. The number of rotatable bonds is 1. The maximum atomic E-state index is 10.5. The van der Waals surface area contributed by atoms with Crippen molar-refractivity contribution in [3.05, 3.63) is 0 Å². The van der Waals surface area contributed by atoms with Crippen LogP contribution in [0.3, 0.4) is 0 Å².